The molecule has 114 heavy (non-hydrogen) atoms. The van der Waals surface area contributed by atoms with Crippen molar-refractivity contribution in [3.05, 3.63) is 281 Å². The zero-order valence-electron chi connectivity index (χ0n) is 63.9. The summed E-state index contributed by atoms with van der Waals surface area (Å²) in [4.78, 5) is 0. The molecular formula is C81H63B15F6I3N6P3-3. The Bertz CT molecular complexity index is 6920. The molecular weight excluding hydrogens is 1810 g/mol. The van der Waals surface area contributed by atoms with Crippen molar-refractivity contribution in [1.82, 2.24) is 13.7 Å². The summed E-state index contributed by atoms with van der Waals surface area (Å²) in [6, 6.07) is 86.1. The van der Waals surface area contributed by atoms with Crippen molar-refractivity contribution in [1.29, 1.82) is 0 Å². The molecule has 0 unspecified atom stereocenters. The number of benzene rings is 12. The third kappa shape index (κ3) is 9.62. The maximum absolute atomic E-state index is 16.7. The standard InChI is InChI=1S/3C27H21B5FIN2P.3FH/c1-27(2)18-10-4-5-11-19(18)30-20-12-6-8-14-23(20)36-22-13-7-3-9-16(22)17-15-21(24(27)25(30)26(17)36)34(33)35-37-31-28-32(37)29-31;1-27(2)17-10-4-5-11-19(17)30-20-12-6-8-14-23(20)36-22-13-7-3-9-16(22)24-21(15-18(27)25(30)26(24)36)34(33)35-37-31-28-32(37)29-31;1-27(2)18-15-14-17-16-8-3-5-12-22(16)36-23-13-6-4-9-19(23)30(25(18)26(17)36)20-10-7-11-21(24(20)27)34(33)35-37-31-28-32(37)29-31;;;/h3*3-15H,28H2,1-2H3;3*1H/p-3. The zero-order valence-corrected chi connectivity index (χ0v) is 73.0. The van der Waals surface area contributed by atoms with E-state index in [4.69, 9.17) is 8.88 Å². The van der Waals surface area contributed by atoms with Gasteiger partial charge in [0.15, 0.2) is 0 Å². The Morgan fingerprint density at radius 3 is 1.22 bits per heavy atom. The first-order chi connectivity index (χ1) is 54.1. The smallest absolute Gasteiger partial charge is 1.00 e. The van der Waals surface area contributed by atoms with E-state index in [1.54, 1.807) is 0 Å². The molecule has 12 aromatic carbocycles. The van der Waals surface area contributed by atoms with E-state index in [2.05, 4.69) is 313 Å². The molecule has 0 saturated carbocycles. The molecule has 0 atom stereocenters. The number of hydrogen-bond acceptors (Lipinski definition) is 3. The molecule has 6 bridgehead atoms. The quantitative estimate of drug-likeness (QED) is 0.106. The van der Waals surface area contributed by atoms with Crippen molar-refractivity contribution < 1.29 is 22.7 Å². The second kappa shape index (κ2) is 26.0. The van der Waals surface area contributed by atoms with Gasteiger partial charge in [-0.05, 0) is 0 Å². The fourth-order valence-corrected chi connectivity index (χ4v) is 48.9. The zero-order chi connectivity index (χ0) is 73.9. The van der Waals surface area contributed by atoms with Crippen LogP contribution in [0.5, 0.6) is 0 Å². The van der Waals surface area contributed by atoms with Crippen LogP contribution >= 0.6 is 84.4 Å². The van der Waals surface area contributed by atoms with E-state index in [1.807, 2.05) is 0 Å². The first-order valence-electron chi connectivity index (χ1n) is 40.2. The molecule has 15 aromatic rings. The number of fused-ring (bicyclic) bond motifs is 24. The first-order valence-corrected chi connectivity index (χ1v) is 53.0. The van der Waals surface area contributed by atoms with Crippen LogP contribution in [-0.2, 0) is 16.2 Å². The third-order valence-electron chi connectivity index (χ3n) is 29.1. The Balaban J connectivity index is 0.000000103. The summed E-state index contributed by atoms with van der Waals surface area (Å²) >= 11 is -9.49. The molecule has 30 rings (SSSR count). The number of rotatable bonds is 6. The fourth-order valence-electron chi connectivity index (χ4n) is 23.0. The summed E-state index contributed by atoms with van der Waals surface area (Å²) in [5, 5.41) is 7.32. The average molecular weight is 1870 g/mol. The van der Waals surface area contributed by atoms with Crippen LogP contribution in [0.4, 0.5) is 8.58 Å². The number of aromatic nitrogens is 3. The topological polar surface area (TPSA) is 51.9 Å². The minimum atomic E-state index is -3.20. The van der Waals surface area contributed by atoms with Crippen LogP contribution in [0.25, 0.3) is 82.5 Å². The van der Waals surface area contributed by atoms with E-state index in [0.29, 0.717) is 24.9 Å². The Morgan fingerprint density at radius 1 is 0.325 bits per heavy atom. The predicted molar refractivity (Wildman–Crippen MR) is 519 cm³/mol. The molecule has 3 aromatic heterocycles. The number of halogens is 9. The van der Waals surface area contributed by atoms with Crippen molar-refractivity contribution in [2.24, 2.45) is 8.88 Å². The summed E-state index contributed by atoms with van der Waals surface area (Å²) in [5.41, 5.74) is 30.3. The van der Waals surface area contributed by atoms with Gasteiger partial charge in [0, 0.05) is 0 Å². The molecule has 543 valence electrons. The molecule has 6 nitrogen and oxygen atoms in total. The molecule has 0 amide bonds. The molecule has 0 aliphatic carbocycles. The summed E-state index contributed by atoms with van der Waals surface area (Å²) in [5.74, 6) is 0. The van der Waals surface area contributed by atoms with Gasteiger partial charge in [0.2, 0.25) is 0 Å². The number of para-hydroxylation sites is 6. The number of nitrogens with zero attached hydrogens (tertiary/aromatic N) is 6. The summed E-state index contributed by atoms with van der Waals surface area (Å²) in [6.07, 6.45) is 4.30. The minimum Gasteiger partial charge on any atom is -1.00 e. The van der Waals surface area contributed by atoms with Gasteiger partial charge >= 0.3 is 685 Å². The third-order valence-corrected chi connectivity index (χ3v) is 51.2. The molecule has 18 heterocycles. The van der Waals surface area contributed by atoms with Crippen LogP contribution in [0.15, 0.2) is 245 Å². The molecule has 3 radical (unpaired) electrons. The van der Waals surface area contributed by atoms with E-state index in [0.717, 1.165) is 28.5 Å². The summed E-state index contributed by atoms with van der Waals surface area (Å²) in [6.45, 7) is 14.3. The van der Waals surface area contributed by atoms with Gasteiger partial charge < -0.3 is 14.1 Å². The first kappa shape index (κ1) is 73.5. The van der Waals surface area contributed by atoms with Crippen LogP contribution in [0.2, 0.25) is 0 Å². The van der Waals surface area contributed by atoms with Crippen molar-refractivity contribution in [3.8, 4) is 17.1 Å². The van der Waals surface area contributed by atoms with E-state index in [1.165, 1.54) is 160 Å². The minimum absolute atomic E-state index is 0. The van der Waals surface area contributed by atoms with Crippen LogP contribution in [-0.4, -0.2) is 113 Å². The van der Waals surface area contributed by atoms with E-state index >= 15 is 8.58 Å². The van der Waals surface area contributed by atoms with Gasteiger partial charge in [-0.15, -0.1) is 0 Å². The molecule has 15 aliphatic rings. The molecule has 9 fully saturated rings. The molecule has 0 spiro atoms. The Labute approximate surface area is 692 Å². The SMILES string of the molecule is CC1(C)c2ccc3c4ccccc4n4c3c2B(c2ccccc2-4)c2cccc(I(F)N=[P+]3B4[B]B3[BH2-]4)c21.CC1(C)c2ccccc2B2c3ccccc3-n3c4ccccc4c4c(I(F)N=[P+]5B6[B]B5[BH2-]6)cc1c2c43.CC1(C)c2ccccc2B2c3ccccc3-n3c4ccccc4c4cc(I(F)N=[P+]5B6[B]B5[BH2-]6)c1c2c43.[F-].[F-].[F-]. The molecule has 33 heteroatoms. The molecule has 0 N–H and O–H groups in total. The van der Waals surface area contributed by atoms with Gasteiger partial charge in [0.25, 0.3) is 0 Å². The second-order valence-electron chi connectivity index (χ2n) is 35.3. The van der Waals surface area contributed by atoms with Gasteiger partial charge in [0.1, 0.15) is 0 Å². The van der Waals surface area contributed by atoms with E-state index in [9.17, 15) is 0 Å². The van der Waals surface area contributed by atoms with Crippen LogP contribution in [0, 0.1) is 10.7 Å². The average Bonchev–Trinajstić information content (AvgIpc) is 1.42. The van der Waals surface area contributed by atoms with Gasteiger partial charge in [-0.25, -0.2) is 0 Å². The number of hydrogen-bond donors (Lipinski definition) is 0. The van der Waals surface area contributed by atoms with Crippen molar-refractivity contribution in [2.75, 3.05) is 0 Å². The van der Waals surface area contributed by atoms with Crippen LogP contribution in [0.1, 0.15) is 74.9 Å². The van der Waals surface area contributed by atoms with Crippen LogP contribution in [0.3, 0.4) is 0 Å². The Morgan fingerprint density at radius 2 is 0.702 bits per heavy atom. The summed E-state index contributed by atoms with van der Waals surface area (Å²) in [7, 11) is 6.54. The fraction of sp³-hybridized carbons (Fsp3) is 0.111. The monoisotopic (exact) mass is 1870 g/mol. The van der Waals surface area contributed by atoms with Gasteiger partial charge in [-0.2, -0.15) is 0 Å². The predicted octanol–water partition coefficient (Wildman–Crippen LogP) is 3.80. The van der Waals surface area contributed by atoms with Gasteiger partial charge in [-0.3, -0.25) is 0 Å². The van der Waals surface area contributed by atoms with Crippen molar-refractivity contribution >= 4 is 299 Å². The molecule has 9 saturated heterocycles. The Kier molecular flexibility index (Phi) is 16.8. The maximum atomic E-state index is 16.7. The normalized spacial score (nSPS) is 17.2. The van der Waals surface area contributed by atoms with Gasteiger partial charge in [0.05, 0.1) is 0 Å². The Hall–Kier alpha value is -6.92. The second-order valence-corrected chi connectivity index (χ2v) is 54.1. The van der Waals surface area contributed by atoms with Crippen molar-refractivity contribution in [3.63, 3.8) is 0 Å². The maximum Gasteiger partial charge on any atom is -1.00 e. The van der Waals surface area contributed by atoms with E-state index < -0.39 is 76.9 Å². The van der Waals surface area contributed by atoms with Crippen LogP contribution < -0.4 is 63.3 Å². The molecule has 15 aliphatic heterocycles. The van der Waals surface area contributed by atoms with E-state index in [-0.39, 0.29) is 79.2 Å². The summed E-state index contributed by atoms with van der Waals surface area (Å²) < 4.78 is 74.7. The van der Waals surface area contributed by atoms with Gasteiger partial charge in [-0.1, -0.05) is 0 Å². The largest absolute Gasteiger partial charge is 1.00 e. The van der Waals surface area contributed by atoms with Crippen molar-refractivity contribution in [2.45, 2.75) is 57.8 Å².